The first-order valence-electron chi connectivity index (χ1n) is 8.03. The molecule has 124 valence electrons. The number of amides is 1. The van der Waals surface area contributed by atoms with E-state index in [1.807, 2.05) is 24.4 Å². The highest BCUT2D eigenvalue weighted by Crippen LogP contribution is 2.35. The number of nitriles is 1. The van der Waals surface area contributed by atoms with E-state index < -0.39 is 0 Å². The molecule has 5 nitrogen and oxygen atoms in total. The number of nitrogens with one attached hydrogen (secondary N) is 1. The van der Waals surface area contributed by atoms with Gasteiger partial charge in [-0.15, -0.1) is 11.3 Å². The maximum atomic E-state index is 11.1. The third kappa shape index (κ3) is 3.64. The molecule has 0 saturated carbocycles. The molecule has 3 rings (SSSR count). The standard InChI is InChI=1S/C18H20N4OS/c1-14(23)21-17-20-11-16(24-17)12-22-9-7-18(13-19,8-10-22)15-5-3-2-4-6-15/h2-6,11H,7-10,12H2,1H3,(H,20,21,23). The van der Waals surface area contributed by atoms with Gasteiger partial charge in [-0.25, -0.2) is 4.98 Å². The quantitative estimate of drug-likeness (QED) is 0.928. The average molecular weight is 340 g/mol. The molecule has 1 saturated heterocycles. The molecule has 1 aliphatic heterocycles. The normalized spacial score (nSPS) is 17.2. The van der Waals surface area contributed by atoms with Crippen LogP contribution in [0.2, 0.25) is 0 Å². The van der Waals surface area contributed by atoms with Crippen molar-refractivity contribution >= 4 is 22.4 Å². The minimum Gasteiger partial charge on any atom is -0.302 e. The number of likely N-dealkylation sites (tertiary alicyclic amines) is 1. The average Bonchev–Trinajstić information content (AvgIpc) is 3.03. The fraction of sp³-hybridized carbons (Fsp3) is 0.389. The van der Waals surface area contributed by atoms with Gasteiger partial charge in [-0.2, -0.15) is 5.26 Å². The van der Waals surface area contributed by atoms with E-state index in [0.717, 1.165) is 42.9 Å². The number of nitrogens with zero attached hydrogens (tertiary/aromatic N) is 3. The predicted molar refractivity (Wildman–Crippen MR) is 94.7 cm³/mol. The summed E-state index contributed by atoms with van der Waals surface area (Å²) < 4.78 is 0. The molecule has 0 spiro atoms. The Morgan fingerprint density at radius 1 is 1.38 bits per heavy atom. The van der Waals surface area contributed by atoms with E-state index in [1.54, 1.807) is 0 Å². The molecule has 1 aromatic carbocycles. The Labute approximate surface area is 145 Å². The van der Waals surface area contributed by atoms with Crippen LogP contribution in [0.4, 0.5) is 5.13 Å². The SMILES string of the molecule is CC(=O)Nc1ncc(CN2CCC(C#N)(c3ccccc3)CC2)s1. The van der Waals surface area contributed by atoms with Crippen LogP contribution in [0, 0.1) is 11.3 Å². The monoisotopic (exact) mass is 340 g/mol. The van der Waals surface area contributed by atoms with Crippen LogP contribution >= 0.6 is 11.3 Å². The van der Waals surface area contributed by atoms with Gasteiger partial charge in [-0.05, 0) is 18.4 Å². The molecule has 0 atom stereocenters. The van der Waals surface area contributed by atoms with Crippen molar-refractivity contribution in [3.05, 3.63) is 47.0 Å². The summed E-state index contributed by atoms with van der Waals surface area (Å²) in [5, 5.41) is 13.1. The molecule has 1 aliphatic rings. The van der Waals surface area contributed by atoms with Crippen molar-refractivity contribution in [1.29, 1.82) is 5.26 Å². The molecule has 2 heterocycles. The van der Waals surface area contributed by atoms with Gasteiger partial charge in [0.2, 0.25) is 5.91 Å². The van der Waals surface area contributed by atoms with Gasteiger partial charge in [0.25, 0.3) is 0 Å². The number of rotatable bonds is 4. The number of carbonyl (C=O) groups is 1. The van der Waals surface area contributed by atoms with Crippen molar-refractivity contribution in [3.8, 4) is 6.07 Å². The van der Waals surface area contributed by atoms with Crippen molar-refractivity contribution in [2.75, 3.05) is 18.4 Å². The molecular formula is C18H20N4OS. The molecule has 0 bridgehead atoms. The second kappa shape index (κ2) is 7.12. The molecule has 1 aromatic heterocycles. The van der Waals surface area contributed by atoms with Crippen LogP contribution in [0.25, 0.3) is 0 Å². The van der Waals surface area contributed by atoms with Gasteiger partial charge in [0.15, 0.2) is 5.13 Å². The number of piperidine rings is 1. The zero-order valence-electron chi connectivity index (χ0n) is 13.7. The molecule has 0 aliphatic carbocycles. The minimum absolute atomic E-state index is 0.101. The first-order chi connectivity index (χ1) is 11.6. The van der Waals surface area contributed by atoms with Gasteiger partial charge in [-0.1, -0.05) is 30.3 Å². The zero-order valence-corrected chi connectivity index (χ0v) is 14.5. The molecule has 1 fully saturated rings. The highest BCUT2D eigenvalue weighted by molar-refractivity contribution is 7.15. The van der Waals surface area contributed by atoms with Gasteiger partial charge in [0, 0.05) is 37.6 Å². The second-order valence-corrected chi connectivity index (χ2v) is 7.26. The zero-order chi connectivity index (χ0) is 17.0. The molecule has 1 N–H and O–H groups in total. The van der Waals surface area contributed by atoms with Crippen LogP contribution < -0.4 is 5.32 Å². The summed E-state index contributed by atoms with van der Waals surface area (Å²) in [4.78, 5) is 18.8. The Morgan fingerprint density at radius 3 is 2.71 bits per heavy atom. The van der Waals surface area contributed by atoms with Crippen molar-refractivity contribution in [2.45, 2.75) is 31.7 Å². The molecule has 24 heavy (non-hydrogen) atoms. The maximum absolute atomic E-state index is 11.1. The Kier molecular flexibility index (Phi) is 4.93. The highest BCUT2D eigenvalue weighted by Gasteiger charge is 2.36. The van der Waals surface area contributed by atoms with Gasteiger partial charge < -0.3 is 5.32 Å². The number of aromatic nitrogens is 1. The summed E-state index contributed by atoms with van der Waals surface area (Å²) in [5.41, 5.74) is 0.755. The molecule has 1 amide bonds. The number of thiazole rings is 1. The number of benzene rings is 1. The Bertz CT molecular complexity index is 742. The summed E-state index contributed by atoms with van der Waals surface area (Å²) in [6, 6.07) is 12.7. The van der Waals surface area contributed by atoms with Gasteiger partial charge in [0.1, 0.15) is 0 Å². The van der Waals surface area contributed by atoms with Crippen molar-refractivity contribution < 1.29 is 4.79 Å². The third-order valence-corrected chi connectivity index (χ3v) is 5.36. The summed E-state index contributed by atoms with van der Waals surface area (Å²) in [7, 11) is 0. The number of anilines is 1. The lowest BCUT2D eigenvalue weighted by Crippen LogP contribution is -2.41. The number of hydrogen-bond acceptors (Lipinski definition) is 5. The lowest BCUT2D eigenvalue weighted by Gasteiger charge is -2.37. The van der Waals surface area contributed by atoms with Gasteiger partial charge >= 0.3 is 0 Å². The lowest BCUT2D eigenvalue weighted by molar-refractivity contribution is -0.114. The van der Waals surface area contributed by atoms with E-state index in [-0.39, 0.29) is 11.3 Å². The van der Waals surface area contributed by atoms with E-state index >= 15 is 0 Å². The molecule has 6 heteroatoms. The number of carbonyl (C=O) groups excluding carboxylic acids is 1. The molecule has 2 aromatic rings. The molecule has 0 radical (unpaired) electrons. The first kappa shape index (κ1) is 16.6. The highest BCUT2D eigenvalue weighted by atomic mass is 32.1. The van der Waals surface area contributed by atoms with Crippen molar-refractivity contribution in [3.63, 3.8) is 0 Å². The summed E-state index contributed by atoms with van der Waals surface area (Å²) >= 11 is 1.51. The maximum Gasteiger partial charge on any atom is 0.223 e. The first-order valence-corrected chi connectivity index (χ1v) is 8.84. The predicted octanol–water partition coefficient (Wildman–Crippen LogP) is 3.16. The second-order valence-electron chi connectivity index (χ2n) is 6.15. The third-order valence-electron chi connectivity index (χ3n) is 4.47. The van der Waals surface area contributed by atoms with Crippen LogP contribution in [0.3, 0.4) is 0 Å². The van der Waals surface area contributed by atoms with Crippen LogP contribution in [-0.2, 0) is 16.8 Å². The van der Waals surface area contributed by atoms with Crippen molar-refractivity contribution in [2.24, 2.45) is 0 Å². The van der Waals surface area contributed by atoms with E-state index in [2.05, 4.69) is 33.4 Å². The molecular weight excluding hydrogens is 320 g/mol. The Hall–Kier alpha value is -2.23. The topological polar surface area (TPSA) is 69.0 Å². The van der Waals surface area contributed by atoms with E-state index in [1.165, 1.54) is 18.3 Å². The summed E-state index contributed by atoms with van der Waals surface area (Å²) in [6.07, 6.45) is 3.50. The summed E-state index contributed by atoms with van der Waals surface area (Å²) in [6.45, 7) is 4.07. The van der Waals surface area contributed by atoms with E-state index in [9.17, 15) is 10.1 Å². The van der Waals surface area contributed by atoms with Gasteiger partial charge in [0.05, 0.1) is 11.5 Å². The van der Waals surface area contributed by atoms with Crippen molar-refractivity contribution in [1.82, 2.24) is 9.88 Å². The fourth-order valence-corrected chi connectivity index (χ4v) is 4.03. The lowest BCUT2D eigenvalue weighted by atomic mass is 9.74. The Balaban J connectivity index is 1.62. The van der Waals surface area contributed by atoms with Gasteiger partial charge in [-0.3, -0.25) is 9.69 Å². The van der Waals surface area contributed by atoms with Crippen LogP contribution in [0.5, 0.6) is 0 Å². The molecule has 0 unspecified atom stereocenters. The van der Waals surface area contributed by atoms with E-state index in [4.69, 9.17) is 0 Å². The largest absolute Gasteiger partial charge is 0.302 e. The summed E-state index contributed by atoms with van der Waals surface area (Å²) in [5.74, 6) is -0.101. The Morgan fingerprint density at radius 2 is 2.08 bits per heavy atom. The van der Waals surface area contributed by atoms with Crippen LogP contribution in [0.15, 0.2) is 36.5 Å². The minimum atomic E-state index is -0.368. The van der Waals surface area contributed by atoms with Crippen LogP contribution in [-0.4, -0.2) is 28.9 Å². The van der Waals surface area contributed by atoms with E-state index in [0.29, 0.717) is 5.13 Å². The number of hydrogen-bond donors (Lipinski definition) is 1. The smallest absolute Gasteiger partial charge is 0.223 e. The fourth-order valence-electron chi connectivity index (χ4n) is 3.12. The van der Waals surface area contributed by atoms with Crippen LogP contribution in [0.1, 0.15) is 30.2 Å².